The predicted molar refractivity (Wildman–Crippen MR) is 140 cm³/mol. The summed E-state index contributed by atoms with van der Waals surface area (Å²) >= 11 is 6.13. The number of amides is 1. The van der Waals surface area contributed by atoms with Crippen LogP contribution in [0.4, 0.5) is 5.69 Å². The van der Waals surface area contributed by atoms with Crippen molar-refractivity contribution in [1.82, 2.24) is 4.31 Å². The quantitative estimate of drug-likeness (QED) is 0.301. The summed E-state index contributed by atoms with van der Waals surface area (Å²) in [6.07, 6.45) is 0. The molecule has 8 heteroatoms. The van der Waals surface area contributed by atoms with Crippen molar-refractivity contribution in [3.8, 4) is 0 Å². The van der Waals surface area contributed by atoms with E-state index < -0.39 is 22.5 Å². The Kier molecular flexibility index (Phi) is 7.95. The smallest absolute Gasteiger partial charge is 0.243 e. The van der Waals surface area contributed by atoms with E-state index in [1.807, 2.05) is 6.07 Å². The van der Waals surface area contributed by atoms with Crippen LogP contribution in [0, 0.1) is 0 Å². The maximum atomic E-state index is 13.4. The third kappa shape index (κ3) is 6.07. The number of carbonyl (C=O) groups excluding carboxylic acids is 2. The molecule has 0 heterocycles. The van der Waals surface area contributed by atoms with Crippen molar-refractivity contribution in [2.24, 2.45) is 0 Å². The van der Waals surface area contributed by atoms with Crippen LogP contribution in [0.15, 0.2) is 114 Å². The molecule has 4 aromatic carbocycles. The zero-order chi connectivity index (χ0) is 25.5. The Labute approximate surface area is 215 Å². The first kappa shape index (κ1) is 25.3. The average Bonchev–Trinajstić information content (AvgIpc) is 2.90. The summed E-state index contributed by atoms with van der Waals surface area (Å²) in [5.74, 6) is -0.902. The van der Waals surface area contributed by atoms with Crippen molar-refractivity contribution in [2.75, 3.05) is 11.9 Å². The van der Waals surface area contributed by atoms with Crippen molar-refractivity contribution in [2.45, 2.75) is 11.4 Å². The maximum absolute atomic E-state index is 13.4. The summed E-state index contributed by atoms with van der Waals surface area (Å²) < 4.78 is 27.9. The number of nitrogens with one attached hydrogen (secondary N) is 1. The van der Waals surface area contributed by atoms with Crippen LogP contribution in [0.3, 0.4) is 0 Å². The monoisotopic (exact) mass is 518 g/mol. The summed E-state index contributed by atoms with van der Waals surface area (Å²) in [4.78, 5) is 26.3. The number of nitrogens with zero attached hydrogens (tertiary/aromatic N) is 1. The molecule has 0 aliphatic heterocycles. The van der Waals surface area contributed by atoms with Gasteiger partial charge in [0.25, 0.3) is 0 Å². The van der Waals surface area contributed by atoms with Crippen LogP contribution in [0.2, 0.25) is 5.02 Å². The second-order valence-corrected chi connectivity index (χ2v) is 10.4. The molecule has 0 fully saturated rings. The van der Waals surface area contributed by atoms with Crippen molar-refractivity contribution in [3.63, 3.8) is 0 Å². The van der Waals surface area contributed by atoms with Crippen molar-refractivity contribution < 1.29 is 18.0 Å². The highest BCUT2D eigenvalue weighted by Gasteiger charge is 2.27. The second-order valence-electron chi connectivity index (χ2n) is 8.00. The molecule has 0 spiro atoms. The molecular weight excluding hydrogens is 496 g/mol. The Balaban J connectivity index is 1.61. The van der Waals surface area contributed by atoms with Crippen molar-refractivity contribution in [3.05, 3.63) is 131 Å². The predicted octanol–water partition coefficient (Wildman–Crippen LogP) is 5.40. The van der Waals surface area contributed by atoms with Crippen molar-refractivity contribution >= 4 is 39.0 Å². The largest absolute Gasteiger partial charge is 0.324 e. The van der Waals surface area contributed by atoms with Gasteiger partial charge in [-0.2, -0.15) is 4.31 Å². The van der Waals surface area contributed by atoms with E-state index in [9.17, 15) is 18.0 Å². The van der Waals surface area contributed by atoms with E-state index in [0.717, 1.165) is 9.87 Å². The Morgan fingerprint density at radius 3 is 2.00 bits per heavy atom. The lowest BCUT2D eigenvalue weighted by Gasteiger charge is -2.22. The lowest BCUT2D eigenvalue weighted by atomic mass is 10.0. The van der Waals surface area contributed by atoms with Gasteiger partial charge in [-0.05, 0) is 35.9 Å². The molecule has 0 radical (unpaired) electrons. The molecule has 4 rings (SSSR count). The molecule has 0 saturated heterocycles. The molecular formula is C28H23ClN2O4S. The minimum absolute atomic E-state index is 0.00189. The van der Waals surface area contributed by atoms with Gasteiger partial charge >= 0.3 is 0 Å². The first-order valence-electron chi connectivity index (χ1n) is 11.1. The fourth-order valence-electron chi connectivity index (χ4n) is 3.66. The fourth-order valence-corrected chi connectivity index (χ4v) is 5.24. The molecule has 0 aliphatic rings. The Hall–Kier alpha value is -3.78. The molecule has 0 saturated carbocycles. The number of ketones is 1. The van der Waals surface area contributed by atoms with Gasteiger partial charge in [-0.3, -0.25) is 9.59 Å². The van der Waals surface area contributed by atoms with Crippen molar-refractivity contribution in [1.29, 1.82) is 0 Å². The number of hydrogen-bond donors (Lipinski definition) is 1. The van der Waals surface area contributed by atoms with Gasteiger partial charge in [-0.15, -0.1) is 0 Å². The topological polar surface area (TPSA) is 83.6 Å². The highest BCUT2D eigenvalue weighted by atomic mass is 35.5. The lowest BCUT2D eigenvalue weighted by molar-refractivity contribution is -0.116. The van der Waals surface area contributed by atoms with Gasteiger partial charge in [0.15, 0.2) is 5.78 Å². The molecule has 0 bridgehead atoms. The second kappa shape index (κ2) is 11.3. The Bertz CT molecular complexity index is 1460. The standard InChI is InChI=1S/C28H23ClN2O4S/c29-23-16-17-26(25(18-23)28(33)22-12-6-2-7-13-22)30-27(32)20-31(19-21-10-4-1-5-11-21)36(34,35)24-14-8-3-9-15-24/h1-18H,19-20H2,(H,30,32). The first-order valence-corrected chi connectivity index (χ1v) is 12.9. The summed E-state index contributed by atoms with van der Waals surface area (Å²) in [7, 11) is -3.98. The van der Waals surface area contributed by atoms with Crippen LogP contribution in [-0.2, 0) is 21.4 Å². The van der Waals surface area contributed by atoms with Crippen LogP contribution < -0.4 is 5.32 Å². The van der Waals surface area contributed by atoms with Crippen LogP contribution >= 0.6 is 11.6 Å². The summed E-state index contributed by atoms with van der Waals surface area (Å²) in [5.41, 5.74) is 1.63. The van der Waals surface area contributed by atoms with Gasteiger partial charge in [0.2, 0.25) is 15.9 Å². The number of hydrogen-bond acceptors (Lipinski definition) is 4. The summed E-state index contributed by atoms with van der Waals surface area (Å²) in [6.45, 7) is -0.449. The van der Waals surface area contributed by atoms with E-state index in [0.29, 0.717) is 10.6 Å². The van der Waals surface area contributed by atoms with Gasteiger partial charge in [0.1, 0.15) is 0 Å². The highest BCUT2D eigenvalue weighted by molar-refractivity contribution is 7.89. The van der Waals surface area contributed by atoms with Gasteiger partial charge in [-0.1, -0.05) is 90.5 Å². The van der Waals surface area contributed by atoms with E-state index in [4.69, 9.17) is 11.6 Å². The van der Waals surface area contributed by atoms with Gasteiger partial charge < -0.3 is 5.32 Å². The van der Waals surface area contributed by atoms with Crippen LogP contribution in [-0.4, -0.2) is 31.0 Å². The molecule has 36 heavy (non-hydrogen) atoms. The lowest BCUT2D eigenvalue weighted by Crippen LogP contribution is -2.37. The molecule has 0 aliphatic carbocycles. The number of benzene rings is 4. The van der Waals surface area contributed by atoms with Gasteiger partial charge in [0.05, 0.1) is 17.1 Å². The molecule has 0 atom stereocenters. The Morgan fingerprint density at radius 2 is 1.36 bits per heavy atom. The number of anilines is 1. The van der Waals surface area contributed by atoms with Crippen LogP contribution in [0.5, 0.6) is 0 Å². The normalized spacial score (nSPS) is 11.3. The number of halogens is 1. The Morgan fingerprint density at radius 1 is 0.778 bits per heavy atom. The molecule has 4 aromatic rings. The van der Waals surface area contributed by atoms with Gasteiger partial charge in [0, 0.05) is 22.7 Å². The highest BCUT2D eigenvalue weighted by Crippen LogP contribution is 2.24. The number of carbonyl (C=O) groups is 2. The fraction of sp³-hybridized carbons (Fsp3) is 0.0714. The summed E-state index contributed by atoms with van der Waals surface area (Å²) in [5, 5.41) is 3.04. The van der Waals surface area contributed by atoms with E-state index in [2.05, 4.69) is 5.32 Å². The molecule has 182 valence electrons. The molecule has 1 amide bonds. The first-order chi connectivity index (χ1) is 17.3. The van der Waals surface area contributed by atoms with E-state index in [1.54, 1.807) is 78.9 Å². The molecule has 0 aromatic heterocycles. The molecule has 6 nitrogen and oxygen atoms in total. The van der Waals surface area contributed by atoms with E-state index in [-0.39, 0.29) is 28.5 Å². The zero-order valence-electron chi connectivity index (χ0n) is 19.2. The number of rotatable bonds is 9. The van der Waals surface area contributed by atoms with E-state index >= 15 is 0 Å². The minimum atomic E-state index is -3.98. The minimum Gasteiger partial charge on any atom is -0.324 e. The SMILES string of the molecule is O=C(CN(Cc1ccccc1)S(=O)(=O)c1ccccc1)Nc1ccc(Cl)cc1C(=O)c1ccccc1. The zero-order valence-corrected chi connectivity index (χ0v) is 20.7. The third-order valence-corrected chi connectivity index (χ3v) is 7.48. The molecule has 1 N–H and O–H groups in total. The van der Waals surface area contributed by atoms with E-state index in [1.165, 1.54) is 24.3 Å². The summed E-state index contributed by atoms with van der Waals surface area (Å²) in [6, 6.07) is 30.2. The van der Waals surface area contributed by atoms with Crippen LogP contribution in [0.25, 0.3) is 0 Å². The maximum Gasteiger partial charge on any atom is 0.243 e. The average molecular weight is 519 g/mol. The molecule has 0 unspecified atom stereocenters. The number of sulfonamides is 1. The third-order valence-electron chi connectivity index (χ3n) is 5.44. The van der Waals surface area contributed by atoms with Crippen LogP contribution in [0.1, 0.15) is 21.5 Å². The van der Waals surface area contributed by atoms with Gasteiger partial charge in [-0.25, -0.2) is 8.42 Å².